The molecular weight excluding hydrogens is 216 g/mol. The Morgan fingerprint density at radius 3 is 2.06 bits per heavy atom. The zero-order valence-corrected chi connectivity index (χ0v) is 9.41. The third-order valence-electron chi connectivity index (χ3n) is 2.76. The average molecular weight is 226 g/mol. The van der Waals surface area contributed by atoms with E-state index < -0.39 is 0 Å². The predicted molar refractivity (Wildman–Crippen MR) is 70.4 cm³/mol. The lowest BCUT2D eigenvalue weighted by molar-refractivity contribution is 0.476. The van der Waals surface area contributed by atoms with Crippen LogP contribution in [-0.2, 0) is 0 Å². The van der Waals surface area contributed by atoms with Crippen molar-refractivity contribution in [2.24, 2.45) is 0 Å². The van der Waals surface area contributed by atoms with Crippen molar-refractivity contribution in [1.29, 1.82) is 0 Å². The Labute approximate surface area is 98.7 Å². The zero-order chi connectivity index (χ0) is 11.1. The maximum Gasteiger partial charge on any atom is 0.116 e. The fourth-order valence-electron chi connectivity index (χ4n) is 1.97. The number of rotatable bonds is 0. The van der Waals surface area contributed by atoms with Gasteiger partial charge in [-0.1, -0.05) is 12.1 Å². The highest BCUT2D eigenvalue weighted by atomic mass is 32.1. The molecule has 0 radical (unpaired) electrons. The van der Waals surface area contributed by atoms with Gasteiger partial charge in [0.15, 0.2) is 0 Å². The maximum absolute atomic E-state index is 9.43. The molecule has 0 aromatic heterocycles. The van der Waals surface area contributed by atoms with Gasteiger partial charge in [-0.15, -0.1) is 12.6 Å². The molecule has 0 saturated carbocycles. The van der Waals surface area contributed by atoms with E-state index in [1.54, 1.807) is 12.1 Å². The van der Waals surface area contributed by atoms with Crippen molar-refractivity contribution in [3.8, 4) is 5.75 Å². The summed E-state index contributed by atoms with van der Waals surface area (Å²) in [6, 6.07) is 15.7. The van der Waals surface area contributed by atoms with Crippen molar-refractivity contribution in [2.45, 2.75) is 4.90 Å². The highest BCUT2D eigenvalue weighted by Crippen LogP contribution is 2.26. The van der Waals surface area contributed by atoms with Gasteiger partial charge < -0.3 is 5.11 Å². The number of benzene rings is 3. The van der Waals surface area contributed by atoms with E-state index >= 15 is 0 Å². The molecule has 0 amide bonds. The fourth-order valence-corrected chi connectivity index (χ4v) is 2.19. The maximum atomic E-state index is 9.43. The standard InChI is InChI=1S/C14H10OS/c15-13-3-1-9-6-12-8-14(16)4-2-10(12)5-11(9)7-13/h1-8,15-16H. The summed E-state index contributed by atoms with van der Waals surface area (Å²) in [7, 11) is 0. The van der Waals surface area contributed by atoms with Gasteiger partial charge in [0, 0.05) is 4.90 Å². The number of phenolic OH excluding ortho intramolecular Hbond substituents is 1. The minimum absolute atomic E-state index is 0.303. The number of hydrogen-bond donors (Lipinski definition) is 2. The third-order valence-corrected chi connectivity index (χ3v) is 3.04. The van der Waals surface area contributed by atoms with Gasteiger partial charge in [-0.05, 0) is 57.9 Å². The van der Waals surface area contributed by atoms with Crippen LogP contribution in [0.4, 0.5) is 0 Å². The van der Waals surface area contributed by atoms with Crippen LogP contribution < -0.4 is 0 Å². The average Bonchev–Trinajstić information content (AvgIpc) is 2.26. The quantitative estimate of drug-likeness (QED) is 0.438. The molecule has 1 N–H and O–H groups in total. The molecule has 2 heteroatoms. The van der Waals surface area contributed by atoms with Crippen molar-refractivity contribution in [1.82, 2.24) is 0 Å². The molecule has 0 aliphatic heterocycles. The van der Waals surface area contributed by atoms with E-state index in [-0.39, 0.29) is 0 Å². The van der Waals surface area contributed by atoms with E-state index in [9.17, 15) is 5.11 Å². The van der Waals surface area contributed by atoms with Crippen LogP contribution >= 0.6 is 12.6 Å². The number of thiol groups is 1. The Hall–Kier alpha value is -1.67. The normalized spacial score (nSPS) is 11.1. The number of aromatic hydroxyl groups is 1. The van der Waals surface area contributed by atoms with Gasteiger partial charge in [-0.3, -0.25) is 0 Å². The van der Waals surface area contributed by atoms with E-state index in [0.717, 1.165) is 21.1 Å². The Balaban J connectivity index is 2.44. The minimum atomic E-state index is 0.303. The van der Waals surface area contributed by atoms with E-state index in [2.05, 4.69) is 24.8 Å². The van der Waals surface area contributed by atoms with Crippen LogP contribution in [-0.4, -0.2) is 5.11 Å². The molecule has 0 spiro atoms. The molecule has 16 heavy (non-hydrogen) atoms. The summed E-state index contributed by atoms with van der Waals surface area (Å²) in [5.41, 5.74) is 0. The summed E-state index contributed by atoms with van der Waals surface area (Å²) in [5, 5.41) is 14.0. The number of fused-ring (bicyclic) bond motifs is 2. The van der Waals surface area contributed by atoms with Crippen LogP contribution in [0.15, 0.2) is 53.4 Å². The minimum Gasteiger partial charge on any atom is -0.508 e. The van der Waals surface area contributed by atoms with Crippen LogP contribution in [0.5, 0.6) is 5.75 Å². The molecule has 78 valence electrons. The lowest BCUT2D eigenvalue weighted by Crippen LogP contribution is -1.77. The van der Waals surface area contributed by atoms with Gasteiger partial charge in [0.05, 0.1) is 0 Å². The van der Waals surface area contributed by atoms with E-state index in [1.165, 1.54) is 5.39 Å². The monoisotopic (exact) mass is 226 g/mol. The van der Waals surface area contributed by atoms with Gasteiger partial charge in [-0.2, -0.15) is 0 Å². The summed E-state index contributed by atoms with van der Waals surface area (Å²) in [4.78, 5) is 0.964. The summed E-state index contributed by atoms with van der Waals surface area (Å²) < 4.78 is 0. The first-order chi connectivity index (χ1) is 7.72. The zero-order valence-electron chi connectivity index (χ0n) is 8.51. The van der Waals surface area contributed by atoms with Crippen LogP contribution in [0.2, 0.25) is 0 Å². The van der Waals surface area contributed by atoms with E-state index in [4.69, 9.17) is 0 Å². The second-order valence-corrected chi connectivity index (χ2v) is 4.43. The van der Waals surface area contributed by atoms with E-state index in [0.29, 0.717) is 5.75 Å². The third kappa shape index (κ3) is 1.51. The molecule has 0 aliphatic carbocycles. The molecule has 3 rings (SSSR count). The second-order valence-electron chi connectivity index (χ2n) is 3.92. The van der Waals surface area contributed by atoms with Crippen LogP contribution in [0.25, 0.3) is 21.5 Å². The van der Waals surface area contributed by atoms with Gasteiger partial charge in [0.25, 0.3) is 0 Å². The molecule has 3 aromatic carbocycles. The number of phenols is 1. The molecular formula is C14H10OS. The summed E-state index contributed by atoms with van der Waals surface area (Å²) >= 11 is 4.33. The molecule has 0 bridgehead atoms. The fraction of sp³-hybridized carbons (Fsp3) is 0. The first kappa shape index (κ1) is 9.55. The Morgan fingerprint density at radius 2 is 1.31 bits per heavy atom. The van der Waals surface area contributed by atoms with Crippen molar-refractivity contribution >= 4 is 34.2 Å². The largest absolute Gasteiger partial charge is 0.508 e. The molecule has 3 aromatic rings. The van der Waals surface area contributed by atoms with Gasteiger partial charge in [0.1, 0.15) is 5.75 Å². The van der Waals surface area contributed by atoms with Crippen LogP contribution in [0, 0.1) is 0 Å². The Kier molecular flexibility index (Phi) is 2.04. The molecule has 1 nitrogen and oxygen atoms in total. The van der Waals surface area contributed by atoms with Crippen LogP contribution in [0.3, 0.4) is 0 Å². The van der Waals surface area contributed by atoms with Crippen molar-refractivity contribution in [3.05, 3.63) is 48.5 Å². The predicted octanol–water partition coefficient (Wildman–Crippen LogP) is 3.99. The van der Waals surface area contributed by atoms with Gasteiger partial charge in [-0.25, -0.2) is 0 Å². The molecule has 0 heterocycles. The second kappa shape index (κ2) is 3.42. The molecule has 0 aliphatic rings. The first-order valence-corrected chi connectivity index (χ1v) is 5.53. The summed E-state index contributed by atoms with van der Waals surface area (Å²) in [5.74, 6) is 0.303. The van der Waals surface area contributed by atoms with Crippen molar-refractivity contribution in [3.63, 3.8) is 0 Å². The topological polar surface area (TPSA) is 20.2 Å². The van der Waals surface area contributed by atoms with E-state index in [1.807, 2.05) is 24.3 Å². The SMILES string of the molecule is Oc1ccc2cc3cc(S)ccc3cc2c1. The number of hydrogen-bond acceptors (Lipinski definition) is 2. The molecule has 0 saturated heterocycles. The van der Waals surface area contributed by atoms with Crippen LogP contribution in [0.1, 0.15) is 0 Å². The molecule has 0 unspecified atom stereocenters. The first-order valence-electron chi connectivity index (χ1n) is 5.08. The molecule has 0 fully saturated rings. The van der Waals surface area contributed by atoms with Gasteiger partial charge >= 0.3 is 0 Å². The van der Waals surface area contributed by atoms with Gasteiger partial charge in [0.2, 0.25) is 0 Å². The Bertz CT molecular complexity index is 627. The molecule has 0 atom stereocenters. The summed E-state index contributed by atoms with van der Waals surface area (Å²) in [6.45, 7) is 0. The smallest absolute Gasteiger partial charge is 0.116 e. The lowest BCUT2D eigenvalue weighted by atomic mass is 10.0. The summed E-state index contributed by atoms with van der Waals surface area (Å²) in [6.07, 6.45) is 0. The highest BCUT2D eigenvalue weighted by Gasteiger charge is 1.99. The highest BCUT2D eigenvalue weighted by molar-refractivity contribution is 7.80. The lowest BCUT2D eigenvalue weighted by Gasteiger charge is -2.03. The Morgan fingerprint density at radius 1 is 0.688 bits per heavy atom. The van der Waals surface area contributed by atoms with Crippen molar-refractivity contribution < 1.29 is 5.11 Å². The van der Waals surface area contributed by atoms with Crippen molar-refractivity contribution in [2.75, 3.05) is 0 Å².